The number of benzene rings is 2. The third kappa shape index (κ3) is 5.20. The first-order valence-electron chi connectivity index (χ1n) is 9.68. The van der Waals surface area contributed by atoms with Crippen molar-refractivity contribution >= 4 is 11.9 Å². The summed E-state index contributed by atoms with van der Waals surface area (Å²) < 4.78 is 11.6. The molecule has 28 heavy (non-hydrogen) atoms. The molecule has 1 saturated heterocycles. The molecule has 0 bridgehead atoms. The van der Waals surface area contributed by atoms with E-state index in [1.54, 1.807) is 0 Å². The molecule has 148 valence electrons. The number of nitrogens with zero attached hydrogens (tertiary/aromatic N) is 1. The molecule has 0 saturated carbocycles. The van der Waals surface area contributed by atoms with Gasteiger partial charge in [-0.05, 0) is 30.4 Å². The number of hydrogen-bond donors (Lipinski definition) is 0. The van der Waals surface area contributed by atoms with Crippen LogP contribution in [0, 0.1) is 5.92 Å². The predicted molar refractivity (Wildman–Crippen MR) is 107 cm³/mol. The third-order valence-electron chi connectivity index (χ3n) is 4.99. The Hall–Kier alpha value is -2.66. The summed E-state index contributed by atoms with van der Waals surface area (Å²) in [5, 5.41) is 0. The normalized spacial score (nSPS) is 21.9. The van der Waals surface area contributed by atoms with Crippen molar-refractivity contribution in [3.8, 4) is 0 Å². The fraction of sp³-hybridized carbons (Fsp3) is 0.391. The van der Waals surface area contributed by atoms with Gasteiger partial charge in [-0.2, -0.15) is 0 Å². The van der Waals surface area contributed by atoms with Crippen LogP contribution in [0.25, 0.3) is 0 Å². The van der Waals surface area contributed by atoms with Crippen LogP contribution in [0.5, 0.6) is 0 Å². The second-order valence-corrected chi connectivity index (χ2v) is 7.42. The molecular formula is C23H27NO4. The van der Waals surface area contributed by atoms with Crippen LogP contribution in [0.15, 0.2) is 60.7 Å². The van der Waals surface area contributed by atoms with E-state index in [-0.39, 0.29) is 24.4 Å². The molecular weight excluding hydrogens is 354 g/mol. The summed E-state index contributed by atoms with van der Waals surface area (Å²) in [4.78, 5) is 26.7. The molecule has 3 rings (SSSR count). The molecule has 2 aromatic carbocycles. The fourth-order valence-electron chi connectivity index (χ4n) is 3.66. The largest absolute Gasteiger partial charge is 0.445 e. The van der Waals surface area contributed by atoms with Crippen molar-refractivity contribution in [1.82, 2.24) is 4.90 Å². The highest BCUT2D eigenvalue weighted by Gasteiger charge is 2.41. The monoisotopic (exact) mass is 381 g/mol. The summed E-state index contributed by atoms with van der Waals surface area (Å²) in [6.45, 7) is 4.66. The van der Waals surface area contributed by atoms with Gasteiger partial charge in [0.2, 0.25) is 0 Å². The summed E-state index contributed by atoms with van der Waals surface area (Å²) >= 11 is 0. The Morgan fingerprint density at radius 3 is 2.11 bits per heavy atom. The number of hydrogen-bond acceptors (Lipinski definition) is 4. The van der Waals surface area contributed by atoms with Crippen molar-refractivity contribution in [3.05, 3.63) is 71.8 Å². The maximum absolute atomic E-state index is 12.7. The number of carbonyl (C=O) groups is 2. The van der Waals surface area contributed by atoms with Crippen LogP contribution in [0.1, 0.15) is 31.4 Å². The highest BCUT2D eigenvalue weighted by Crippen LogP contribution is 2.27. The number of likely N-dealkylation sites (tertiary alicyclic amines) is 1. The van der Waals surface area contributed by atoms with E-state index in [1.807, 2.05) is 60.7 Å². The summed E-state index contributed by atoms with van der Waals surface area (Å²) in [6.07, 6.45) is -0.0749. The average molecular weight is 381 g/mol. The lowest BCUT2D eigenvalue weighted by molar-refractivity contribution is -0.133. The molecule has 0 radical (unpaired) electrons. The first-order valence-corrected chi connectivity index (χ1v) is 9.68. The van der Waals surface area contributed by atoms with E-state index < -0.39 is 12.1 Å². The van der Waals surface area contributed by atoms with Crippen LogP contribution in [-0.2, 0) is 27.5 Å². The predicted octanol–water partition coefficient (Wildman–Crippen LogP) is 4.21. The third-order valence-corrected chi connectivity index (χ3v) is 4.99. The zero-order chi connectivity index (χ0) is 19.9. The number of Topliss-reactive ketones (excluding diaryl/α,β-unsaturated/α-hetero) is 1. The summed E-state index contributed by atoms with van der Waals surface area (Å²) in [6, 6.07) is 18.7. The topological polar surface area (TPSA) is 55.8 Å². The minimum Gasteiger partial charge on any atom is -0.445 e. The molecule has 5 heteroatoms. The highest BCUT2D eigenvalue weighted by molar-refractivity contribution is 5.86. The molecule has 0 aromatic heterocycles. The molecule has 1 amide bonds. The van der Waals surface area contributed by atoms with Gasteiger partial charge in [0.15, 0.2) is 5.78 Å². The van der Waals surface area contributed by atoms with E-state index in [0.717, 1.165) is 17.5 Å². The molecule has 1 aliphatic heterocycles. The maximum atomic E-state index is 12.7. The van der Waals surface area contributed by atoms with Gasteiger partial charge in [0, 0.05) is 6.54 Å². The number of piperidine rings is 1. The van der Waals surface area contributed by atoms with E-state index in [1.165, 1.54) is 11.8 Å². The van der Waals surface area contributed by atoms with Crippen LogP contribution >= 0.6 is 0 Å². The fourth-order valence-corrected chi connectivity index (χ4v) is 3.66. The van der Waals surface area contributed by atoms with Gasteiger partial charge < -0.3 is 9.47 Å². The summed E-state index contributed by atoms with van der Waals surface area (Å²) in [5.41, 5.74) is 1.96. The van der Waals surface area contributed by atoms with Gasteiger partial charge in [0.05, 0.1) is 12.7 Å². The summed E-state index contributed by atoms with van der Waals surface area (Å²) in [7, 11) is 0. The van der Waals surface area contributed by atoms with Crippen LogP contribution in [0.4, 0.5) is 4.79 Å². The Labute approximate surface area is 166 Å². The number of rotatable bonds is 6. The quantitative estimate of drug-likeness (QED) is 0.752. The van der Waals surface area contributed by atoms with Crippen LogP contribution in [0.3, 0.4) is 0 Å². The number of amides is 1. The van der Waals surface area contributed by atoms with Crippen molar-refractivity contribution in [2.75, 3.05) is 6.54 Å². The lowest BCUT2D eigenvalue weighted by atomic mass is 9.89. The molecule has 0 unspecified atom stereocenters. The first-order chi connectivity index (χ1) is 13.5. The lowest BCUT2D eigenvalue weighted by Crippen LogP contribution is -2.57. The van der Waals surface area contributed by atoms with E-state index in [9.17, 15) is 9.59 Å². The zero-order valence-corrected chi connectivity index (χ0v) is 16.4. The second kappa shape index (κ2) is 9.51. The van der Waals surface area contributed by atoms with Crippen molar-refractivity contribution in [3.63, 3.8) is 0 Å². The average Bonchev–Trinajstić information content (AvgIpc) is 2.71. The number of ether oxygens (including phenoxy) is 2. The molecule has 2 aromatic rings. The number of carbonyl (C=O) groups excluding carboxylic acids is 2. The molecule has 3 atom stereocenters. The van der Waals surface area contributed by atoms with E-state index in [0.29, 0.717) is 13.2 Å². The standard InChI is InChI=1S/C23H27NO4/c1-17-13-21(27-15-19-9-5-3-6-10-19)22(18(2)25)24(14-17)23(26)28-16-20-11-7-4-8-12-20/h3-12,17,21-22H,13-16H2,1-2H3/t17-,21-,22-/m1/s1. The Morgan fingerprint density at radius 1 is 0.964 bits per heavy atom. The van der Waals surface area contributed by atoms with Crippen LogP contribution in [0.2, 0.25) is 0 Å². The Bertz CT molecular complexity index is 778. The van der Waals surface area contributed by atoms with Gasteiger partial charge in [-0.3, -0.25) is 9.69 Å². The van der Waals surface area contributed by atoms with Crippen molar-refractivity contribution in [2.45, 2.75) is 45.6 Å². The number of ketones is 1. The molecule has 1 fully saturated rings. The lowest BCUT2D eigenvalue weighted by Gasteiger charge is -2.41. The highest BCUT2D eigenvalue weighted by atomic mass is 16.6. The van der Waals surface area contributed by atoms with E-state index in [4.69, 9.17) is 9.47 Å². The van der Waals surface area contributed by atoms with Gasteiger partial charge in [0.25, 0.3) is 0 Å². The molecule has 5 nitrogen and oxygen atoms in total. The van der Waals surface area contributed by atoms with Crippen molar-refractivity contribution in [2.24, 2.45) is 5.92 Å². The Kier molecular flexibility index (Phi) is 6.82. The van der Waals surface area contributed by atoms with Gasteiger partial charge >= 0.3 is 6.09 Å². The Morgan fingerprint density at radius 2 is 1.54 bits per heavy atom. The van der Waals surface area contributed by atoms with Crippen LogP contribution < -0.4 is 0 Å². The van der Waals surface area contributed by atoms with Gasteiger partial charge in [0.1, 0.15) is 12.6 Å². The molecule has 0 spiro atoms. The summed E-state index contributed by atoms with van der Waals surface area (Å²) in [5.74, 6) is 0.141. The second-order valence-electron chi connectivity index (χ2n) is 7.42. The van der Waals surface area contributed by atoms with E-state index >= 15 is 0 Å². The van der Waals surface area contributed by atoms with Crippen molar-refractivity contribution < 1.29 is 19.1 Å². The Balaban J connectivity index is 1.67. The van der Waals surface area contributed by atoms with Gasteiger partial charge in [-0.15, -0.1) is 0 Å². The van der Waals surface area contributed by atoms with Crippen LogP contribution in [-0.4, -0.2) is 35.5 Å². The minimum atomic E-state index is -0.622. The van der Waals surface area contributed by atoms with Gasteiger partial charge in [-0.1, -0.05) is 67.6 Å². The molecule has 1 heterocycles. The van der Waals surface area contributed by atoms with Gasteiger partial charge in [-0.25, -0.2) is 4.79 Å². The molecule has 0 aliphatic carbocycles. The SMILES string of the molecule is CC(=O)[C@@H]1[C@H](OCc2ccccc2)C[C@@H](C)CN1C(=O)OCc1ccccc1. The first kappa shape index (κ1) is 20.1. The molecule has 1 aliphatic rings. The van der Waals surface area contributed by atoms with Crippen molar-refractivity contribution in [1.29, 1.82) is 0 Å². The minimum absolute atomic E-state index is 0.0818. The zero-order valence-electron chi connectivity index (χ0n) is 16.4. The maximum Gasteiger partial charge on any atom is 0.410 e. The van der Waals surface area contributed by atoms with E-state index in [2.05, 4.69) is 6.92 Å². The molecule has 0 N–H and O–H groups in total. The smallest absolute Gasteiger partial charge is 0.410 e.